The second-order valence-corrected chi connectivity index (χ2v) is 5.05. The molecule has 0 aliphatic carbocycles. The van der Waals surface area contributed by atoms with E-state index in [2.05, 4.69) is 10.2 Å². The second-order valence-electron chi connectivity index (χ2n) is 5.05. The third-order valence-corrected chi connectivity index (χ3v) is 3.66. The molecule has 0 radical (unpaired) electrons. The Hall–Kier alpha value is -1.82. The number of aliphatic hydroxyl groups excluding tert-OH is 1. The van der Waals surface area contributed by atoms with Gasteiger partial charge in [0.1, 0.15) is 0 Å². The highest BCUT2D eigenvalue weighted by atomic mass is 16.6. The van der Waals surface area contributed by atoms with Crippen molar-refractivity contribution in [2.75, 3.05) is 29.9 Å². The normalized spacial score (nSPS) is 18.9. The summed E-state index contributed by atoms with van der Waals surface area (Å²) >= 11 is 0. The molecular weight excluding hydrogens is 258 g/mol. The van der Waals surface area contributed by atoms with Gasteiger partial charge in [0, 0.05) is 36.6 Å². The topological polar surface area (TPSA) is 78.6 Å². The lowest BCUT2D eigenvalue weighted by molar-refractivity contribution is -0.384. The molecule has 1 unspecified atom stereocenters. The molecule has 110 valence electrons. The lowest BCUT2D eigenvalue weighted by Gasteiger charge is -2.36. The molecule has 0 saturated carbocycles. The van der Waals surface area contributed by atoms with Gasteiger partial charge in [-0.15, -0.1) is 0 Å². The van der Waals surface area contributed by atoms with Crippen molar-refractivity contribution in [1.29, 1.82) is 0 Å². The van der Waals surface area contributed by atoms with Crippen LogP contribution in [0, 0.1) is 10.1 Å². The third-order valence-electron chi connectivity index (χ3n) is 3.66. The summed E-state index contributed by atoms with van der Waals surface area (Å²) in [6, 6.07) is 5.12. The van der Waals surface area contributed by atoms with Crippen molar-refractivity contribution in [2.45, 2.75) is 32.2 Å². The van der Waals surface area contributed by atoms with Gasteiger partial charge in [0.25, 0.3) is 5.69 Å². The molecule has 1 aliphatic rings. The van der Waals surface area contributed by atoms with Crippen LogP contribution in [0.2, 0.25) is 0 Å². The van der Waals surface area contributed by atoms with Crippen molar-refractivity contribution >= 4 is 17.1 Å². The van der Waals surface area contributed by atoms with Crippen molar-refractivity contribution in [2.24, 2.45) is 0 Å². The molecule has 0 amide bonds. The fraction of sp³-hybridized carbons (Fsp3) is 0.571. The molecule has 1 saturated heterocycles. The number of aliphatic hydroxyl groups is 1. The molecule has 0 bridgehead atoms. The zero-order chi connectivity index (χ0) is 14.5. The van der Waals surface area contributed by atoms with Crippen LogP contribution in [0.5, 0.6) is 0 Å². The molecule has 1 aromatic rings. The Kier molecular flexibility index (Phi) is 4.79. The van der Waals surface area contributed by atoms with Gasteiger partial charge in [0.15, 0.2) is 0 Å². The van der Waals surface area contributed by atoms with Gasteiger partial charge >= 0.3 is 0 Å². The zero-order valence-electron chi connectivity index (χ0n) is 11.7. The molecule has 6 nitrogen and oxygen atoms in total. The summed E-state index contributed by atoms with van der Waals surface area (Å²) in [6.07, 6.45) is 3.07. The SMILES string of the molecule is CCNc1cc(N2CCCCC2CO)cc([N+](=O)[O-])c1. The fourth-order valence-corrected chi connectivity index (χ4v) is 2.70. The molecule has 2 N–H and O–H groups in total. The van der Waals surface area contributed by atoms with E-state index in [1.54, 1.807) is 12.1 Å². The Morgan fingerprint density at radius 2 is 2.25 bits per heavy atom. The van der Waals surface area contributed by atoms with Crippen molar-refractivity contribution in [3.63, 3.8) is 0 Å². The van der Waals surface area contributed by atoms with E-state index in [1.807, 2.05) is 13.0 Å². The average Bonchev–Trinajstić information content (AvgIpc) is 2.47. The smallest absolute Gasteiger partial charge is 0.273 e. The summed E-state index contributed by atoms with van der Waals surface area (Å²) < 4.78 is 0. The summed E-state index contributed by atoms with van der Waals surface area (Å²) in [5, 5.41) is 23.7. The number of benzene rings is 1. The number of anilines is 2. The minimum Gasteiger partial charge on any atom is -0.394 e. The first-order chi connectivity index (χ1) is 9.65. The van der Waals surface area contributed by atoms with Crippen LogP contribution in [-0.4, -0.2) is 35.8 Å². The summed E-state index contributed by atoms with van der Waals surface area (Å²) in [5.74, 6) is 0. The summed E-state index contributed by atoms with van der Waals surface area (Å²) in [7, 11) is 0. The Balaban J connectivity index is 2.35. The van der Waals surface area contributed by atoms with Gasteiger partial charge in [-0.2, -0.15) is 0 Å². The number of nitro benzene ring substituents is 1. The van der Waals surface area contributed by atoms with Gasteiger partial charge in [-0.25, -0.2) is 0 Å². The number of nitrogens with zero attached hydrogens (tertiary/aromatic N) is 2. The number of rotatable bonds is 5. The van der Waals surface area contributed by atoms with E-state index in [-0.39, 0.29) is 23.3 Å². The maximum Gasteiger partial charge on any atom is 0.273 e. The van der Waals surface area contributed by atoms with Crippen molar-refractivity contribution in [3.8, 4) is 0 Å². The standard InChI is InChI=1S/C14H21N3O3/c1-2-15-11-7-13(9-14(8-11)17(19)20)16-6-4-3-5-12(16)10-18/h7-9,12,15,18H,2-6,10H2,1H3. The van der Waals surface area contributed by atoms with Crippen LogP contribution in [0.15, 0.2) is 18.2 Å². The van der Waals surface area contributed by atoms with E-state index in [0.29, 0.717) is 6.54 Å². The first-order valence-corrected chi connectivity index (χ1v) is 7.06. The molecule has 1 atom stereocenters. The largest absolute Gasteiger partial charge is 0.394 e. The van der Waals surface area contributed by atoms with E-state index in [4.69, 9.17) is 0 Å². The van der Waals surface area contributed by atoms with Crippen LogP contribution < -0.4 is 10.2 Å². The van der Waals surface area contributed by atoms with Crippen molar-refractivity contribution in [3.05, 3.63) is 28.3 Å². The predicted molar refractivity (Wildman–Crippen MR) is 79.3 cm³/mol. The Bertz CT molecular complexity index is 479. The highest BCUT2D eigenvalue weighted by Gasteiger charge is 2.23. The molecule has 1 aliphatic heterocycles. The lowest BCUT2D eigenvalue weighted by atomic mass is 10.0. The van der Waals surface area contributed by atoms with Gasteiger partial charge in [0.05, 0.1) is 17.6 Å². The van der Waals surface area contributed by atoms with Crippen molar-refractivity contribution in [1.82, 2.24) is 0 Å². The van der Waals surface area contributed by atoms with Crippen LogP contribution in [0.3, 0.4) is 0 Å². The number of nitrogens with one attached hydrogen (secondary N) is 1. The van der Waals surface area contributed by atoms with E-state index >= 15 is 0 Å². The molecular formula is C14H21N3O3. The van der Waals surface area contributed by atoms with Gasteiger partial charge in [-0.05, 0) is 32.3 Å². The van der Waals surface area contributed by atoms with Crippen LogP contribution in [0.1, 0.15) is 26.2 Å². The Labute approximate surface area is 118 Å². The van der Waals surface area contributed by atoms with Crippen LogP contribution in [-0.2, 0) is 0 Å². The molecule has 0 spiro atoms. The number of hydrogen-bond donors (Lipinski definition) is 2. The van der Waals surface area contributed by atoms with Gasteiger partial charge in [-0.1, -0.05) is 0 Å². The van der Waals surface area contributed by atoms with Crippen LogP contribution in [0.4, 0.5) is 17.1 Å². The lowest BCUT2D eigenvalue weighted by Crippen LogP contribution is -2.41. The van der Waals surface area contributed by atoms with Crippen molar-refractivity contribution < 1.29 is 10.0 Å². The second kappa shape index (κ2) is 6.56. The number of hydrogen-bond acceptors (Lipinski definition) is 5. The number of piperidine rings is 1. The number of nitro groups is 1. The summed E-state index contributed by atoms with van der Waals surface area (Å²) in [6.45, 7) is 3.58. The first kappa shape index (κ1) is 14.6. The monoisotopic (exact) mass is 279 g/mol. The van der Waals surface area contributed by atoms with Crippen LogP contribution >= 0.6 is 0 Å². The third kappa shape index (κ3) is 3.19. The average molecular weight is 279 g/mol. The summed E-state index contributed by atoms with van der Waals surface area (Å²) in [4.78, 5) is 12.8. The maximum absolute atomic E-state index is 11.1. The van der Waals surface area contributed by atoms with E-state index < -0.39 is 0 Å². The molecule has 0 aromatic heterocycles. The zero-order valence-corrected chi connectivity index (χ0v) is 11.7. The molecule has 1 aromatic carbocycles. The molecule has 2 rings (SSSR count). The minimum atomic E-state index is -0.373. The quantitative estimate of drug-likeness (QED) is 0.639. The van der Waals surface area contributed by atoms with E-state index in [9.17, 15) is 15.2 Å². The molecule has 20 heavy (non-hydrogen) atoms. The summed E-state index contributed by atoms with van der Waals surface area (Å²) in [5.41, 5.74) is 1.65. The number of non-ortho nitro benzene ring substituents is 1. The van der Waals surface area contributed by atoms with Gasteiger partial charge < -0.3 is 15.3 Å². The van der Waals surface area contributed by atoms with Gasteiger partial charge in [-0.3, -0.25) is 10.1 Å². The Morgan fingerprint density at radius 1 is 1.45 bits per heavy atom. The Morgan fingerprint density at radius 3 is 2.90 bits per heavy atom. The van der Waals surface area contributed by atoms with Crippen LogP contribution in [0.25, 0.3) is 0 Å². The predicted octanol–water partition coefficient (Wildman–Crippen LogP) is 2.38. The first-order valence-electron chi connectivity index (χ1n) is 7.06. The minimum absolute atomic E-state index is 0.0558. The van der Waals surface area contributed by atoms with E-state index in [0.717, 1.165) is 37.2 Å². The highest BCUT2D eigenvalue weighted by molar-refractivity contribution is 5.65. The highest BCUT2D eigenvalue weighted by Crippen LogP contribution is 2.31. The maximum atomic E-state index is 11.1. The van der Waals surface area contributed by atoms with E-state index in [1.165, 1.54) is 0 Å². The molecule has 1 fully saturated rings. The molecule has 6 heteroatoms. The van der Waals surface area contributed by atoms with Gasteiger partial charge in [0.2, 0.25) is 0 Å². The fourth-order valence-electron chi connectivity index (χ4n) is 2.70. The molecule has 1 heterocycles.